The van der Waals surface area contributed by atoms with Gasteiger partial charge in [-0.05, 0) is 25.1 Å². The van der Waals surface area contributed by atoms with Crippen LogP contribution in [0.5, 0.6) is 0 Å². The summed E-state index contributed by atoms with van der Waals surface area (Å²) in [6, 6.07) is 2.82. The van der Waals surface area contributed by atoms with E-state index in [2.05, 4.69) is 11.8 Å². The van der Waals surface area contributed by atoms with Crippen LogP contribution in [-0.2, 0) is 15.7 Å². The van der Waals surface area contributed by atoms with Crippen LogP contribution < -0.4 is 5.73 Å². The third-order valence-corrected chi connectivity index (χ3v) is 2.36. The maximum absolute atomic E-state index is 12.5. The number of hydrogen-bond acceptors (Lipinski definition) is 3. The number of anilines is 1. The number of benzene rings is 1. The molecule has 0 heterocycles. The fourth-order valence-electron chi connectivity index (χ4n) is 1.21. The van der Waals surface area contributed by atoms with Crippen molar-refractivity contribution < 1.29 is 27.8 Å². The molecule has 0 aliphatic carbocycles. The molecule has 7 heteroatoms. The highest BCUT2D eigenvalue weighted by atomic mass is 19.4. The van der Waals surface area contributed by atoms with Crippen LogP contribution in [0.3, 0.4) is 0 Å². The molecule has 0 saturated heterocycles. The van der Waals surface area contributed by atoms with E-state index < -0.39 is 23.8 Å². The van der Waals surface area contributed by atoms with E-state index in [0.29, 0.717) is 0 Å². The first-order valence-electron chi connectivity index (χ1n) is 5.52. The highest BCUT2D eigenvalue weighted by Crippen LogP contribution is 2.30. The lowest BCUT2D eigenvalue weighted by molar-refractivity contribution is -0.148. The number of halogens is 3. The van der Waals surface area contributed by atoms with E-state index in [4.69, 9.17) is 15.6 Å². The SMILES string of the molecule is CC(OCC#Cc1cc(C(F)(F)F)ccc1N)C(=O)O. The molecular weight excluding hydrogens is 275 g/mol. The molecule has 20 heavy (non-hydrogen) atoms. The molecule has 4 nitrogen and oxygen atoms in total. The molecule has 1 atom stereocenters. The summed E-state index contributed by atoms with van der Waals surface area (Å²) in [5.74, 6) is 3.70. The van der Waals surface area contributed by atoms with Gasteiger partial charge in [-0.15, -0.1) is 0 Å². The maximum Gasteiger partial charge on any atom is 0.416 e. The van der Waals surface area contributed by atoms with Gasteiger partial charge >= 0.3 is 12.1 Å². The van der Waals surface area contributed by atoms with E-state index in [0.717, 1.165) is 18.2 Å². The fraction of sp³-hybridized carbons (Fsp3) is 0.308. The van der Waals surface area contributed by atoms with Crippen LogP contribution in [0, 0.1) is 11.8 Å². The van der Waals surface area contributed by atoms with E-state index >= 15 is 0 Å². The third-order valence-electron chi connectivity index (χ3n) is 2.36. The lowest BCUT2D eigenvalue weighted by atomic mass is 10.1. The highest BCUT2D eigenvalue weighted by Gasteiger charge is 2.30. The van der Waals surface area contributed by atoms with Gasteiger partial charge in [0, 0.05) is 11.3 Å². The topological polar surface area (TPSA) is 72.5 Å². The van der Waals surface area contributed by atoms with E-state index in [9.17, 15) is 18.0 Å². The predicted molar refractivity (Wildman–Crippen MR) is 65.8 cm³/mol. The van der Waals surface area contributed by atoms with E-state index in [1.165, 1.54) is 6.92 Å². The average Bonchev–Trinajstić information content (AvgIpc) is 2.34. The van der Waals surface area contributed by atoms with Crippen LogP contribution in [0.15, 0.2) is 18.2 Å². The zero-order valence-electron chi connectivity index (χ0n) is 10.5. The smallest absolute Gasteiger partial charge is 0.416 e. The Hall–Kier alpha value is -2.20. The number of nitrogen functional groups attached to an aromatic ring is 1. The first-order chi connectivity index (χ1) is 9.21. The minimum Gasteiger partial charge on any atom is -0.479 e. The largest absolute Gasteiger partial charge is 0.479 e. The lowest BCUT2D eigenvalue weighted by Crippen LogP contribution is -2.19. The Kier molecular flexibility index (Phi) is 5.00. The number of nitrogens with two attached hydrogens (primary N) is 1. The van der Waals surface area contributed by atoms with Gasteiger partial charge in [0.25, 0.3) is 0 Å². The van der Waals surface area contributed by atoms with Crippen molar-refractivity contribution in [2.75, 3.05) is 12.3 Å². The molecule has 1 unspecified atom stereocenters. The molecule has 0 fully saturated rings. The zero-order valence-corrected chi connectivity index (χ0v) is 10.5. The van der Waals surface area contributed by atoms with Crippen LogP contribution in [0.2, 0.25) is 0 Å². The van der Waals surface area contributed by atoms with E-state index in [1.807, 2.05) is 0 Å². The minimum atomic E-state index is -4.47. The van der Waals surface area contributed by atoms with Gasteiger partial charge in [-0.1, -0.05) is 11.8 Å². The highest BCUT2D eigenvalue weighted by molar-refractivity contribution is 5.71. The molecule has 0 aliphatic rings. The Morgan fingerprint density at radius 1 is 1.50 bits per heavy atom. The second kappa shape index (κ2) is 6.30. The summed E-state index contributed by atoms with van der Waals surface area (Å²) in [6.45, 7) is 1.10. The van der Waals surface area contributed by atoms with Crippen LogP contribution in [0.1, 0.15) is 18.1 Å². The molecule has 0 bridgehead atoms. The Labute approximate surface area is 113 Å². The van der Waals surface area contributed by atoms with Gasteiger partial charge in [0.05, 0.1) is 5.56 Å². The Morgan fingerprint density at radius 2 is 2.15 bits per heavy atom. The number of ether oxygens (including phenoxy) is 1. The summed E-state index contributed by atoms with van der Waals surface area (Å²) in [5.41, 5.74) is 4.80. The van der Waals surface area contributed by atoms with Crippen LogP contribution in [-0.4, -0.2) is 23.8 Å². The normalized spacial score (nSPS) is 12.4. The van der Waals surface area contributed by atoms with Gasteiger partial charge in [-0.2, -0.15) is 13.2 Å². The van der Waals surface area contributed by atoms with Crippen molar-refractivity contribution >= 4 is 11.7 Å². The number of rotatable bonds is 3. The summed E-state index contributed by atoms with van der Waals surface area (Å²) in [7, 11) is 0. The van der Waals surface area contributed by atoms with Crippen LogP contribution >= 0.6 is 0 Å². The van der Waals surface area contributed by atoms with Gasteiger partial charge in [0.1, 0.15) is 6.61 Å². The standard InChI is InChI=1S/C13H12F3NO3/c1-8(12(18)19)20-6-2-3-9-7-10(13(14,15)16)4-5-11(9)17/h4-5,7-8H,6,17H2,1H3,(H,18,19). The Balaban J connectivity index is 2.80. The molecule has 3 N–H and O–H groups in total. The maximum atomic E-state index is 12.5. The summed E-state index contributed by atoms with van der Waals surface area (Å²) >= 11 is 0. The molecule has 0 aliphatic heterocycles. The fourth-order valence-corrected chi connectivity index (χ4v) is 1.21. The second-order valence-corrected chi connectivity index (χ2v) is 3.89. The monoisotopic (exact) mass is 287 g/mol. The first kappa shape index (κ1) is 15.9. The third kappa shape index (κ3) is 4.48. The Morgan fingerprint density at radius 3 is 2.70 bits per heavy atom. The number of aliphatic carboxylic acids is 1. The molecule has 0 aromatic heterocycles. The summed E-state index contributed by atoms with van der Waals surface area (Å²) in [5, 5.41) is 8.55. The van der Waals surface area contributed by atoms with Crippen molar-refractivity contribution in [3.8, 4) is 11.8 Å². The molecule has 1 aromatic rings. The number of alkyl halides is 3. The van der Waals surface area contributed by atoms with Crippen molar-refractivity contribution in [1.82, 2.24) is 0 Å². The van der Waals surface area contributed by atoms with Gasteiger partial charge in [-0.25, -0.2) is 4.79 Å². The summed E-state index contributed by atoms with van der Waals surface area (Å²) in [4.78, 5) is 10.5. The predicted octanol–water partition coefficient (Wildman–Crippen LogP) is 2.13. The number of carbonyl (C=O) groups is 1. The molecule has 0 radical (unpaired) electrons. The molecule has 0 spiro atoms. The van der Waals surface area contributed by atoms with Gasteiger partial charge in [0.15, 0.2) is 6.10 Å². The lowest BCUT2D eigenvalue weighted by Gasteiger charge is -2.08. The van der Waals surface area contributed by atoms with E-state index in [1.54, 1.807) is 0 Å². The van der Waals surface area contributed by atoms with Gasteiger partial charge in [-0.3, -0.25) is 0 Å². The summed E-state index contributed by atoms with van der Waals surface area (Å²) < 4.78 is 42.3. The van der Waals surface area contributed by atoms with Crippen molar-refractivity contribution in [2.24, 2.45) is 0 Å². The van der Waals surface area contributed by atoms with Crippen LogP contribution in [0.25, 0.3) is 0 Å². The first-order valence-corrected chi connectivity index (χ1v) is 5.52. The molecular formula is C13H12F3NO3. The van der Waals surface area contributed by atoms with Crippen molar-refractivity contribution in [3.05, 3.63) is 29.3 Å². The number of hydrogen-bond donors (Lipinski definition) is 2. The van der Waals surface area contributed by atoms with Crippen molar-refractivity contribution in [3.63, 3.8) is 0 Å². The molecule has 1 rings (SSSR count). The van der Waals surface area contributed by atoms with Gasteiger partial charge < -0.3 is 15.6 Å². The molecule has 0 saturated carbocycles. The molecule has 0 amide bonds. The van der Waals surface area contributed by atoms with Crippen molar-refractivity contribution in [2.45, 2.75) is 19.2 Å². The summed E-state index contributed by atoms with van der Waals surface area (Å²) in [6.07, 6.45) is -5.51. The Bertz CT molecular complexity index is 558. The average molecular weight is 287 g/mol. The van der Waals surface area contributed by atoms with Crippen molar-refractivity contribution in [1.29, 1.82) is 0 Å². The van der Waals surface area contributed by atoms with Gasteiger partial charge in [0.2, 0.25) is 0 Å². The van der Waals surface area contributed by atoms with E-state index in [-0.39, 0.29) is 17.9 Å². The second-order valence-electron chi connectivity index (χ2n) is 3.89. The molecule has 108 valence electrons. The number of carboxylic acid groups (broad SMARTS) is 1. The minimum absolute atomic E-state index is 0.0198. The zero-order chi connectivity index (χ0) is 15.3. The number of carboxylic acids is 1. The van der Waals surface area contributed by atoms with Crippen LogP contribution in [0.4, 0.5) is 18.9 Å². The quantitative estimate of drug-likeness (QED) is 0.660. The molecule has 1 aromatic carbocycles.